The molecule has 5 heteroatoms. The first kappa shape index (κ1) is 13.4. The molecule has 0 aromatic rings. The van der Waals surface area contributed by atoms with Crippen LogP contribution < -0.4 is 0 Å². The van der Waals surface area contributed by atoms with Crippen molar-refractivity contribution in [1.82, 2.24) is 0 Å². The second-order valence-corrected chi connectivity index (χ2v) is 5.86. The molecule has 0 aliphatic rings. The Bertz CT molecular complexity index is 281. The minimum Gasteiger partial charge on any atom is -0.469 e. The van der Waals surface area contributed by atoms with Crippen LogP contribution in [-0.2, 0) is 19.4 Å². The van der Waals surface area contributed by atoms with E-state index in [1.165, 1.54) is 7.11 Å². The SMILES string of the molecule is CCCS(=O)(=O)C(C)C(C)C(=O)OC. The van der Waals surface area contributed by atoms with E-state index >= 15 is 0 Å². The third-order valence-electron chi connectivity index (χ3n) is 2.33. The van der Waals surface area contributed by atoms with Crippen LogP contribution >= 0.6 is 0 Å². The lowest BCUT2D eigenvalue weighted by Crippen LogP contribution is -2.32. The lowest BCUT2D eigenvalue weighted by Gasteiger charge is -2.17. The van der Waals surface area contributed by atoms with Gasteiger partial charge in [0.15, 0.2) is 9.84 Å². The minimum atomic E-state index is -3.17. The molecule has 84 valence electrons. The van der Waals surface area contributed by atoms with E-state index in [4.69, 9.17) is 0 Å². The number of hydrogen-bond donors (Lipinski definition) is 0. The molecule has 0 rings (SSSR count). The number of carbonyl (C=O) groups excluding carboxylic acids is 1. The molecule has 0 heterocycles. The van der Waals surface area contributed by atoms with Crippen LogP contribution in [-0.4, -0.2) is 32.5 Å². The van der Waals surface area contributed by atoms with E-state index in [1.807, 2.05) is 0 Å². The second-order valence-electron chi connectivity index (χ2n) is 3.38. The standard InChI is InChI=1S/C9H18O4S/c1-5-6-14(11,12)8(3)7(2)9(10)13-4/h7-8H,5-6H2,1-4H3. The van der Waals surface area contributed by atoms with Gasteiger partial charge in [-0.1, -0.05) is 13.8 Å². The molecule has 14 heavy (non-hydrogen) atoms. The molecular weight excluding hydrogens is 204 g/mol. The molecule has 0 saturated carbocycles. The van der Waals surface area contributed by atoms with Crippen LogP contribution in [0.15, 0.2) is 0 Å². The van der Waals surface area contributed by atoms with Crippen molar-refractivity contribution in [2.24, 2.45) is 5.92 Å². The summed E-state index contributed by atoms with van der Waals surface area (Å²) < 4.78 is 27.7. The number of hydrogen-bond acceptors (Lipinski definition) is 4. The largest absolute Gasteiger partial charge is 0.469 e. The Morgan fingerprint density at radius 1 is 1.36 bits per heavy atom. The molecule has 0 fully saturated rings. The summed E-state index contributed by atoms with van der Waals surface area (Å²) in [6.07, 6.45) is 0.570. The maximum atomic E-state index is 11.6. The van der Waals surface area contributed by atoms with Gasteiger partial charge in [-0.05, 0) is 13.3 Å². The maximum absolute atomic E-state index is 11.6. The fourth-order valence-electron chi connectivity index (χ4n) is 1.16. The molecule has 0 aromatic heterocycles. The van der Waals surface area contributed by atoms with Gasteiger partial charge < -0.3 is 4.74 Å². The maximum Gasteiger partial charge on any atom is 0.309 e. The lowest BCUT2D eigenvalue weighted by atomic mass is 10.1. The van der Waals surface area contributed by atoms with Crippen LogP contribution in [0.5, 0.6) is 0 Å². The summed E-state index contributed by atoms with van der Waals surface area (Å²) in [6, 6.07) is 0. The molecule has 0 aliphatic heterocycles. The Balaban J connectivity index is 4.61. The third kappa shape index (κ3) is 3.29. The quantitative estimate of drug-likeness (QED) is 0.651. The van der Waals surface area contributed by atoms with Gasteiger partial charge in [-0.25, -0.2) is 8.42 Å². The predicted molar refractivity (Wildman–Crippen MR) is 54.7 cm³/mol. The number of ether oxygens (including phenoxy) is 1. The summed E-state index contributed by atoms with van der Waals surface area (Å²) in [5, 5.41) is -0.671. The molecule has 0 amide bonds. The van der Waals surface area contributed by atoms with E-state index in [1.54, 1.807) is 20.8 Å². The summed E-state index contributed by atoms with van der Waals surface area (Å²) in [7, 11) is -1.90. The molecule has 0 radical (unpaired) electrons. The Labute approximate surface area is 85.6 Å². The van der Waals surface area contributed by atoms with Gasteiger partial charge in [0.1, 0.15) is 0 Å². The summed E-state index contributed by atoms with van der Waals surface area (Å²) >= 11 is 0. The molecule has 4 nitrogen and oxygen atoms in total. The van der Waals surface area contributed by atoms with Crippen molar-refractivity contribution in [3.63, 3.8) is 0 Å². The number of esters is 1. The van der Waals surface area contributed by atoms with Crippen LogP contribution in [0, 0.1) is 5.92 Å². The Morgan fingerprint density at radius 3 is 2.21 bits per heavy atom. The third-order valence-corrected chi connectivity index (χ3v) is 4.85. The summed E-state index contributed by atoms with van der Waals surface area (Å²) in [5.41, 5.74) is 0. The monoisotopic (exact) mass is 222 g/mol. The molecule has 0 N–H and O–H groups in total. The van der Waals surface area contributed by atoms with Crippen molar-refractivity contribution in [2.75, 3.05) is 12.9 Å². The van der Waals surface area contributed by atoms with Crippen LogP contribution in [0.4, 0.5) is 0 Å². The van der Waals surface area contributed by atoms with Crippen molar-refractivity contribution < 1.29 is 17.9 Å². The van der Waals surface area contributed by atoms with Gasteiger partial charge >= 0.3 is 5.97 Å². The molecule has 0 saturated heterocycles. The first-order chi connectivity index (χ1) is 6.36. The van der Waals surface area contributed by atoms with Gasteiger partial charge in [-0.2, -0.15) is 0 Å². The van der Waals surface area contributed by atoms with Gasteiger partial charge in [-0.15, -0.1) is 0 Å². The molecule has 2 unspecified atom stereocenters. The average Bonchev–Trinajstić information content (AvgIpc) is 2.14. The zero-order valence-electron chi connectivity index (χ0n) is 9.11. The predicted octanol–water partition coefficient (Wildman–Crippen LogP) is 1.01. The van der Waals surface area contributed by atoms with Crippen molar-refractivity contribution in [3.8, 4) is 0 Å². The Kier molecular flexibility index (Phi) is 5.12. The topological polar surface area (TPSA) is 60.4 Å². The van der Waals surface area contributed by atoms with Gasteiger partial charge in [-0.3, -0.25) is 4.79 Å². The molecule has 0 spiro atoms. The zero-order chi connectivity index (χ0) is 11.4. The summed E-state index contributed by atoms with van der Waals surface area (Å²) in [6.45, 7) is 4.92. The van der Waals surface area contributed by atoms with Crippen LogP contribution in [0.1, 0.15) is 27.2 Å². The highest BCUT2D eigenvalue weighted by atomic mass is 32.2. The van der Waals surface area contributed by atoms with Gasteiger partial charge in [0.2, 0.25) is 0 Å². The minimum absolute atomic E-state index is 0.121. The fourth-order valence-corrected chi connectivity index (χ4v) is 2.83. The number of methoxy groups -OCH3 is 1. The number of rotatable bonds is 5. The van der Waals surface area contributed by atoms with Crippen molar-refractivity contribution in [3.05, 3.63) is 0 Å². The van der Waals surface area contributed by atoms with Gasteiger partial charge in [0.05, 0.1) is 24.0 Å². The Hall–Kier alpha value is -0.580. The Morgan fingerprint density at radius 2 is 1.86 bits per heavy atom. The lowest BCUT2D eigenvalue weighted by molar-refractivity contribution is -0.144. The van der Waals surface area contributed by atoms with Crippen molar-refractivity contribution in [1.29, 1.82) is 0 Å². The molecule has 0 aliphatic carbocycles. The normalized spacial score (nSPS) is 16.0. The van der Waals surface area contributed by atoms with E-state index in [9.17, 15) is 13.2 Å². The highest BCUT2D eigenvalue weighted by Crippen LogP contribution is 2.15. The van der Waals surface area contributed by atoms with Crippen LogP contribution in [0.3, 0.4) is 0 Å². The van der Waals surface area contributed by atoms with Crippen LogP contribution in [0.25, 0.3) is 0 Å². The number of sulfone groups is 1. The van der Waals surface area contributed by atoms with E-state index in [0.717, 1.165) is 0 Å². The van der Waals surface area contributed by atoms with Gasteiger partial charge in [0.25, 0.3) is 0 Å². The van der Waals surface area contributed by atoms with Crippen molar-refractivity contribution >= 4 is 15.8 Å². The highest BCUT2D eigenvalue weighted by molar-refractivity contribution is 7.92. The molecule has 0 bridgehead atoms. The first-order valence-corrected chi connectivity index (χ1v) is 6.37. The molecule has 0 aromatic carbocycles. The van der Waals surface area contributed by atoms with E-state index in [0.29, 0.717) is 6.42 Å². The zero-order valence-corrected chi connectivity index (χ0v) is 9.93. The molecule has 2 atom stereocenters. The molecular formula is C9H18O4S. The van der Waals surface area contributed by atoms with Crippen LogP contribution in [0.2, 0.25) is 0 Å². The number of carbonyl (C=O) groups is 1. The highest BCUT2D eigenvalue weighted by Gasteiger charge is 2.30. The smallest absolute Gasteiger partial charge is 0.309 e. The van der Waals surface area contributed by atoms with Crippen molar-refractivity contribution in [2.45, 2.75) is 32.4 Å². The average molecular weight is 222 g/mol. The van der Waals surface area contributed by atoms with E-state index < -0.39 is 27.0 Å². The van der Waals surface area contributed by atoms with E-state index in [2.05, 4.69) is 4.74 Å². The van der Waals surface area contributed by atoms with E-state index in [-0.39, 0.29) is 5.75 Å². The second kappa shape index (κ2) is 5.34. The first-order valence-electron chi connectivity index (χ1n) is 4.66. The summed E-state index contributed by atoms with van der Waals surface area (Å²) in [4.78, 5) is 11.1. The fraction of sp³-hybridized carbons (Fsp3) is 0.889. The van der Waals surface area contributed by atoms with Gasteiger partial charge in [0, 0.05) is 0 Å². The summed E-state index contributed by atoms with van der Waals surface area (Å²) in [5.74, 6) is -0.955.